The molecule has 0 spiro atoms. The number of amides is 1. The molecule has 1 aliphatic carbocycles. The minimum absolute atomic E-state index is 0.180. The van der Waals surface area contributed by atoms with Gasteiger partial charge in [-0.3, -0.25) is 4.79 Å². The molecule has 0 radical (unpaired) electrons. The van der Waals surface area contributed by atoms with Crippen LogP contribution in [0.3, 0.4) is 0 Å². The summed E-state index contributed by atoms with van der Waals surface area (Å²) >= 11 is 5.50. The van der Waals surface area contributed by atoms with E-state index >= 15 is 0 Å². The minimum atomic E-state index is 0.180. The fourth-order valence-corrected chi connectivity index (χ4v) is 3.11. The molecule has 1 aromatic rings. The Bertz CT molecular complexity index is 581. The Morgan fingerprint density at radius 2 is 1.96 bits per heavy atom. The maximum absolute atomic E-state index is 11.9. The summed E-state index contributed by atoms with van der Waals surface area (Å²) in [5.74, 6) is 1.01. The highest BCUT2D eigenvalue weighted by atomic mass is 32.1. The zero-order valence-corrected chi connectivity index (χ0v) is 14.8. The molecule has 2 fully saturated rings. The Morgan fingerprint density at radius 1 is 1.29 bits per heavy atom. The summed E-state index contributed by atoms with van der Waals surface area (Å²) in [6.45, 7) is 4.18. The lowest BCUT2D eigenvalue weighted by molar-refractivity contribution is -0.895. The number of nitrogens with zero attached hydrogens (tertiary/aromatic N) is 1. The Hall–Kier alpha value is -1.86. The van der Waals surface area contributed by atoms with Crippen LogP contribution in [0.1, 0.15) is 12.8 Å². The molecule has 1 saturated carbocycles. The Morgan fingerprint density at radius 3 is 2.54 bits per heavy atom. The first-order chi connectivity index (χ1) is 11.6. The van der Waals surface area contributed by atoms with E-state index in [-0.39, 0.29) is 5.91 Å². The molecule has 3 rings (SSSR count). The molecule has 1 aromatic carbocycles. The summed E-state index contributed by atoms with van der Waals surface area (Å²) in [7, 11) is 1.65. The van der Waals surface area contributed by atoms with E-state index in [4.69, 9.17) is 17.0 Å². The number of piperazine rings is 1. The predicted molar refractivity (Wildman–Crippen MR) is 97.5 cm³/mol. The van der Waals surface area contributed by atoms with Crippen LogP contribution in [0.2, 0.25) is 0 Å². The fourth-order valence-electron chi connectivity index (χ4n) is 2.81. The molecule has 0 aromatic heterocycles. The molecule has 24 heavy (non-hydrogen) atoms. The number of ether oxygens (including phenoxy) is 1. The van der Waals surface area contributed by atoms with Crippen LogP contribution in [0.5, 0.6) is 5.75 Å². The van der Waals surface area contributed by atoms with Gasteiger partial charge in [0.25, 0.3) is 5.91 Å². The molecule has 3 N–H and O–H groups in total. The molecule has 6 nitrogen and oxygen atoms in total. The number of carbonyl (C=O) groups is 1. The van der Waals surface area contributed by atoms with Crippen LogP contribution in [0.15, 0.2) is 24.3 Å². The monoisotopic (exact) mass is 349 g/mol. The highest BCUT2D eigenvalue weighted by Gasteiger charge is 2.27. The summed E-state index contributed by atoms with van der Waals surface area (Å²) in [6, 6.07) is 8.17. The molecule has 0 atom stereocenters. The quantitative estimate of drug-likeness (QED) is 0.647. The molecule has 1 amide bonds. The normalized spacial score (nSPS) is 18.1. The molecule has 1 saturated heterocycles. The van der Waals surface area contributed by atoms with Gasteiger partial charge in [0, 0.05) is 11.7 Å². The van der Waals surface area contributed by atoms with Crippen molar-refractivity contribution in [2.45, 2.75) is 18.9 Å². The third-order valence-electron chi connectivity index (χ3n) is 4.45. The number of rotatable bonds is 5. The maximum Gasteiger partial charge on any atom is 0.275 e. The molecule has 1 aliphatic heterocycles. The fraction of sp³-hybridized carbons (Fsp3) is 0.529. The number of carbonyl (C=O) groups excluding carboxylic acids is 1. The highest BCUT2D eigenvalue weighted by molar-refractivity contribution is 7.80. The topological polar surface area (TPSA) is 58.0 Å². The van der Waals surface area contributed by atoms with Crippen LogP contribution in [0.25, 0.3) is 0 Å². The Labute approximate surface area is 148 Å². The largest absolute Gasteiger partial charge is 0.497 e. The SMILES string of the molecule is COc1ccc(NC(=S)N2CC[NH+](CC(=O)NC3CC3)CC2)cc1. The van der Waals surface area contributed by atoms with Gasteiger partial charge in [-0.1, -0.05) is 0 Å². The number of hydrogen-bond donors (Lipinski definition) is 3. The Balaban J connectivity index is 1.41. The second kappa shape index (κ2) is 7.81. The maximum atomic E-state index is 11.9. The van der Waals surface area contributed by atoms with Crippen molar-refractivity contribution in [1.29, 1.82) is 0 Å². The van der Waals surface area contributed by atoms with Crippen LogP contribution in [-0.4, -0.2) is 61.8 Å². The zero-order valence-electron chi connectivity index (χ0n) is 14.0. The van der Waals surface area contributed by atoms with Crippen molar-refractivity contribution >= 4 is 28.9 Å². The van der Waals surface area contributed by atoms with Crippen molar-refractivity contribution in [1.82, 2.24) is 10.2 Å². The molecule has 130 valence electrons. The number of benzene rings is 1. The number of thiocarbonyl (C=S) groups is 1. The highest BCUT2D eigenvalue weighted by Crippen LogP contribution is 2.18. The average Bonchev–Trinajstić information content (AvgIpc) is 3.40. The standard InChI is InChI=1S/C17H24N4O2S/c1-23-15-6-4-14(5-7-15)19-17(24)21-10-8-20(9-11-21)12-16(22)18-13-2-3-13/h4-7,13H,2-3,8-12H2,1H3,(H,18,22)(H,19,24)/p+1. The molecule has 1 heterocycles. The van der Waals surface area contributed by atoms with Crippen LogP contribution >= 0.6 is 12.2 Å². The summed E-state index contributed by atoms with van der Waals surface area (Å²) in [5.41, 5.74) is 0.958. The van der Waals surface area contributed by atoms with Gasteiger partial charge in [0.1, 0.15) is 5.75 Å². The third-order valence-corrected chi connectivity index (χ3v) is 4.81. The lowest BCUT2D eigenvalue weighted by Gasteiger charge is -2.33. The first-order valence-corrected chi connectivity index (χ1v) is 8.88. The number of nitrogens with one attached hydrogen (secondary N) is 3. The lowest BCUT2D eigenvalue weighted by Crippen LogP contribution is -3.15. The van der Waals surface area contributed by atoms with Gasteiger partial charge in [-0.2, -0.15) is 0 Å². The van der Waals surface area contributed by atoms with E-state index in [0.29, 0.717) is 12.6 Å². The van der Waals surface area contributed by atoms with Gasteiger partial charge in [0.05, 0.1) is 33.3 Å². The summed E-state index contributed by atoms with van der Waals surface area (Å²) < 4.78 is 5.16. The number of methoxy groups -OCH3 is 1. The molecular weight excluding hydrogens is 324 g/mol. The van der Waals surface area contributed by atoms with Gasteiger partial charge < -0.3 is 25.2 Å². The van der Waals surface area contributed by atoms with E-state index < -0.39 is 0 Å². The van der Waals surface area contributed by atoms with E-state index in [9.17, 15) is 4.79 Å². The van der Waals surface area contributed by atoms with Crippen LogP contribution in [0, 0.1) is 0 Å². The predicted octanol–water partition coefficient (Wildman–Crippen LogP) is -0.129. The van der Waals surface area contributed by atoms with Crippen LogP contribution in [-0.2, 0) is 4.79 Å². The van der Waals surface area contributed by atoms with Gasteiger partial charge >= 0.3 is 0 Å². The van der Waals surface area contributed by atoms with Crippen molar-refractivity contribution in [3.8, 4) is 5.75 Å². The van der Waals surface area contributed by atoms with Gasteiger partial charge in [0.15, 0.2) is 11.7 Å². The summed E-state index contributed by atoms with van der Waals surface area (Å²) in [5, 5.41) is 7.06. The van der Waals surface area contributed by atoms with E-state index in [1.165, 1.54) is 4.90 Å². The van der Waals surface area contributed by atoms with E-state index in [1.54, 1.807) is 7.11 Å². The summed E-state index contributed by atoms with van der Waals surface area (Å²) in [4.78, 5) is 15.4. The lowest BCUT2D eigenvalue weighted by atomic mass is 10.3. The van der Waals surface area contributed by atoms with E-state index in [0.717, 1.165) is 55.6 Å². The van der Waals surface area contributed by atoms with Crippen molar-refractivity contribution < 1.29 is 14.4 Å². The second-order valence-corrected chi connectivity index (χ2v) is 6.80. The van der Waals surface area contributed by atoms with E-state index in [2.05, 4.69) is 15.5 Å². The third kappa shape index (κ3) is 4.82. The van der Waals surface area contributed by atoms with E-state index in [1.807, 2.05) is 24.3 Å². The first-order valence-electron chi connectivity index (χ1n) is 8.47. The second-order valence-electron chi connectivity index (χ2n) is 6.41. The number of anilines is 1. The van der Waals surface area contributed by atoms with Crippen molar-refractivity contribution in [3.05, 3.63) is 24.3 Å². The molecule has 0 unspecified atom stereocenters. The minimum Gasteiger partial charge on any atom is -0.497 e. The smallest absolute Gasteiger partial charge is 0.275 e. The zero-order chi connectivity index (χ0) is 16.9. The van der Waals surface area contributed by atoms with Gasteiger partial charge in [0.2, 0.25) is 0 Å². The van der Waals surface area contributed by atoms with Gasteiger partial charge in [-0.05, 0) is 49.3 Å². The van der Waals surface area contributed by atoms with Crippen molar-refractivity contribution in [3.63, 3.8) is 0 Å². The number of quaternary nitrogens is 1. The Kier molecular flexibility index (Phi) is 5.52. The average molecular weight is 349 g/mol. The van der Waals surface area contributed by atoms with Crippen molar-refractivity contribution in [2.75, 3.05) is 45.2 Å². The molecule has 0 bridgehead atoms. The van der Waals surface area contributed by atoms with Gasteiger partial charge in [-0.15, -0.1) is 0 Å². The summed E-state index contributed by atoms with van der Waals surface area (Å²) in [6.07, 6.45) is 2.28. The molecule has 2 aliphatic rings. The van der Waals surface area contributed by atoms with Crippen LogP contribution in [0.4, 0.5) is 5.69 Å². The molecular formula is C17H25N4O2S+. The number of hydrogen-bond acceptors (Lipinski definition) is 3. The van der Waals surface area contributed by atoms with Crippen molar-refractivity contribution in [2.24, 2.45) is 0 Å². The first kappa shape index (κ1) is 17.0. The van der Waals surface area contributed by atoms with Gasteiger partial charge in [-0.25, -0.2) is 0 Å². The van der Waals surface area contributed by atoms with Crippen LogP contribution < -0.4 is 20.3 Å². The molecule has 7 heteroatoms.